The molecular formula is C11H7Cl2F3N4. The Morgan fingerprint density at radius 2 is 1.85 bits per heavy atom. The Labute approximate surface area is 121 Å². The number of rotatable bonds is 2. The Bertz CT molecular complexity index is 646. The van der Waals surface area contributed by atoms with Gasteiger partial charge in [0.05, 0.1) is 11.8 Å². The van der Waals surface area contributed by atoms with E-state index < -0.39 is 11.7 Å². The summed E-state index contributed by atoms with van der Waals surface area (Å²) < 4.78 is 38.0. The Morgan fingerprint density at radius 1 is 1.15 bits per heavy atom. The van der Waals surface area contributed by atoms with Gasteiger partial charge in [-0.15, -0.1) is 0 Å². The van der Waals surface area contributed by atoms with Crippen LogP contribution in [0, 0.1) is 0 Å². The summed E-state index contributed by atoms with van der Waals surface area (Å²) in [4.78, 5) is 7.43. The minimum Gasteiger partial charge on any atom is -0.368 e. The maximum absolute atomic E-state index is 12.7. The highest BCUT2D eigenvalue weighted by Gasteiger charge is 2.31. The fourth-order valence-electron chi connectivity index (χ4n) is 1.43. The molecule has 4 nitrogen and oxygen atoms in total. The van der Waals surface area contributed by atoms with Crippen molar-refractivity contribution in [2.75, 3.05) is 11.1 Å². The lowest BCUT2D eigenvalue weighted by Gasteiger charge is -2.12. The largest absolute Gasteiger partial charge is 0.416 e. The molecule has 0 saturated heterocycles. The average Bonchev–Trinajstić information content (AvgIpc) is 2.32. The molecule has 1 heterocycles. The molecule has 2 rings (SSSR count). The molecule has 0 aliphatic heterocycles. The predicted molar refractivity (Wildman–Crippen MR) is 71.2 cm³/mol. The standard InChI is InChI=1S/C11H7Cl2F3N4/c12-6-1-5(11(14,15)16)2-7(3-6)19-9-8(13)4-18-10(17)20-9/h1-4H,(H3,17,18,19,20). The predicted octanol–water partition coefficient (Wildman–Crippen LogP) is 4.13. The van der Waals surface area contributed by atoms with E-state index in [1.165, 1.54) is 12.3 Å². The zero-order valence-corrected chi connectivity index (χ0v) is 11.2. The van der Waals surface area contributed by atoms with Gasteiger partial charge in [0, 0.05) is 10.7 Å². The molecule has 0 aliphatic carbocycles. The van der Waals surface area contributed by atoms with Crippen molar-refractivity contribution in [1.29, 1.82) is 0 Å². The Morgan fingerprint density at radius 3 is 2.50 bits per heavy atom. The summed E-state index contributed by atoms with van der Waals surface area (Å²) in [5, 5.41) is 2.67. The van der Waals surface area contributed by atoms with Crippen molar-refractivity contribution in [1.82, 2.24) is 9.97 Å². The molecule has 106 valence electrons. The van der Waals surface area contributed by atoms with E-state index in [-0.39, 0.29) is 27.5 Å². The van der Waals surface area contributed by atoms with E-state index in [9.17, 15) is 13.2 Å². The summed E-state index contributed by atoms with van der Waals surface area (Å²) in [7, 11) is 0. The number of alkyl halides is 3. The Hall–Kier alpha value is -1.73. The zero-order chi connectivity index (χ0) is 14.9. The van der Waals surface area contributed by atoms with Crippen LogP contribution in [-0.2, 0) is 6.18 Å². The fraction of sp³-hybridized carbons (Fsp3) is 0.0909. The van der Waals surface area contributed by atoms with Crippen molar-refractivity contribution < 1.29 is 13.2 Å². The van der Waals surface area contributed by atoms with Crippen molar-refractivity contribution in [2.45, 2.75) is 6.18 Å². The average molecular weight is 323 g/mol. The van der Waals surface area contributed by atoms with Gasteiger partial charge in [0.2, 0.25) is 5.95 Å². The maximum atomic E-state index is 12.7. The number of benzene rings is 1. The van der Waals surface area contributed by atoms with Gasteiger partial charge in [0.25, 0.3) is 0 Å². The summed E-state index contributed by atoms with van der Waals surface area (Å²) in [5.41, 5.74) is 4.59. The number of halogens is 5. The van der Waals surface area contributed by atoms with E-state index in [1.54, 1.807) is 0 Å². The molecule has 2 aromatic rings. The molecule has 0 radical (unpaired) electrons. The molecule has 1 aromatic heterocycles. The second kappa shape index (κ2) is 5.34. The summed E-state index contributed by atoms with van der Waals surface area (Å²) in [5.74, 6) is 0.0320. The second-order valence-corrected chi connectivity index (χ2v) is 4.62. The molecule has 0 unspecified atom stereocenters. The molecule has 0 amide bonds. The number of nitrogens with two attached hydrogens (primary N) is 1. The van der Waals surface area contributed by atoms with Crippen molar-refractivity contribution in [3.05, 3.63) is 40.0 Å². The van der Waals surface area contributed by atoms with E-state index >= 15 is 0 Å². The van der Waals surface area contributed by atoms with Crippen LogP contribution in [0.4, 0.5) is 30.6 Å². The molecule has 1 aromatic carbocycles. The van der Waals surface area contributed by atoms with E-state index in [4.69, 9.17) is 28.9 Å². The number of nitrogen functional groups attached to an aromatic ring is 1. The van der Waals surface area contributed by atoms with Gasteiger partial charge in [-0.1, -0.05) is 23.2 Å². The number of aromatic nitrogens is 2. The lowest BCUT2D eigenvalue weighted by atomic mass is 10.2. The highest BCUT2D eigenvalue weighted by molar-refractivity contribution is 6.33. The minimum atomic E-state index is -4.50. The lowest BCUT2D eigenvalue weighted by Crippen LogP contribution is -2.06. The van der Waals surface area contributed by atoms with Gasteiger partial charge in [0.1, 0.15) is 5.02 Å². The lowest BCUT2D eigenvalue weighted by molar-refractivity contribution is -0.137. The molecule has 0 aliphatic rings. The zero-order valence-electron chi connectivity index (χ0n) is 9.67. The SMILES string of the molecule is Nc1ncc(Cl)c(Nc2cc(Cl)cc(C(F)(F)F)c2)n1. The van der Waals surface area contributed by atoms with Gasteiger partial charge < -0.3 is 11.1 Å². The van der Waals surface area contributed by atoms with Gasteiger partial charge >= 0.3 is 6.18 Å². The van der Waals surface area contributed by atoms with Crippen LogP contribution in [0.1, 0.15) is 5.56 Å². The van der Waals surface area contributed by atoms with Crippen molar-refractivity contribution in [2.24, 2.45) is 0 Å². The van der Waals surface area contributed by atoms with Crippen LogP contribution in [0.5, 0.6) is 0 Å². The fourth-order valence-corrected chi connectivity index (χ4v) is 1.80. The molecule has 9 heteroatoms. The third-order valence-electron chi connectivity index (χ3n) is 2.25. The van der Waals surface area contributed by atoms with E-state index in [0.29, 0.717) is 0 Å². The molecule has 0 spiro atoms. The van der Waals surface area contributed by atoms with E-state index in [0.717, 1.165) is 12.1 Å². The van der Waals surface area contributed by atoms with Crippen molar-refractivity contribution in [3.63, 3.8) is 0 Å². The van der Waals surface area contributed by atoms with Crippen LogP contribution >= 0.6 is 23.2 Å². The molecule has 0 atom stereocenters. The first-order valence-electron chi connectivity index (χ1n) is 5.18. The first-order valence-corrected chi connectivity index (χ1v) is 5.94. The van der Waals surface area contributed by atoms with Gasteiger partial charge in [0.15, 0.2) is 5.82 Å². The van der Waals surface area contributed by atoms with Crippen LogP contribution in [0.3, 0.4) is 0 Å². The summed E-state index contributed by atoms with van der Waals surface area (Å²) in [6, 6.07) is 3.02. The van der Waals surface area contributed by atoms with Crippen LogP contribution in [0.2, 0.25) is 10.0 Å². The van der Waals surface area contributed by atoms with Gasteiger partial charge in [-0.25, -0.2) is 4.98 Å². The minimum absolute atomic E-state index is 0.0602. The number of hydrogen-bond donors (Lipinski definition) is 2. The summed E-state index contributed by atoms with van der Waals surface area (Å²) >= 11 is 11.5. The third-order valence-corrected chi connectivity index (χ3v) is 2.75. The van der Waals surface area contributed by atoms with Crippen LogP contribution < -0.4 is 11.1 Å². The highest BCUT2D eigenvalue weighted by Crippen LogP contribution is 2.34. The normalized spacial score (nSPS) is 11.4. The molecule has 20 heavy (non-hydrogen) atoms. The summed E-state index contributed by atoms with van der Waals surface area (Å²) in [6.45, 7) is 0. The number of anilines is 3. The second-order valence-electron chi connectivity index (χ2n) is 3.78. The highest BCUT2D eigenvalue weighted by atomic mass is 35.5. The molecule has 0 fully saturated rings. The van der Waals surface area contributed by atoms with E-state index in [2.05, 4.69) is 15.3 Å². The third kappa shape index (κ3) is 3.43. The number of nitrogens with one attached hydrogen (secondary N) is 1. The smallest absolute Gasteiger partial charge is 0.368 e. The first kappa shape index (κ1) is 14.7. The van der Waals surface area contributed by atoms with Gasteiger partial charge in [-0.3, -0.25) is 0 Å². The first-order chi connectivity index (χ1) is 9.25. The molecule has 3 N–H and O–H groups in total. The number of hydrogen-bond acceptors (Lipinski definition) is 4. The van der Waals surface area contributed by atoms with Crippen LogP contribution in [-0.4, -0.2) is 9.97 Å². The summed E-state index contributed by atoms with van der Waals surface area (Å²) in [6.07, 6.45) is -3.27. The van der Waals surface area contributed by atoms with Crippen molar-refractivity contribution in [3.8, 4) is 0 Å². The quantitative estimate of drug-likeness (QED) is 0.872. The van der Waals surface area contributed by atoms with Crippen LogP contribution in [0.25, 0.3) is 0 Å². The van der Waals surface area contributed by atoms with E-state index in [1.807, 2.05) is 0 Å². The number of nitrogens with zero attached hydrogens (tertiary/aromatic N) is 2. The van der Waals surface area contributed by atoms with Gasteiger partial charge in [-0.05, 0) is 18.2 Å². The Balaban J connectivity index is 2.39. The maximum Gasteiger partial charge on any atom is 0.416 e. The molecule has 0 bridgehead atoms. The molecule has 0 saturated carbocycles. The van der Waals surface area contributed by atoms with Gasteiger partial charge in [-0.2, -0.15) is 18.2 Å². The van der Waals surface area contributed by atoms with Crippen LogP contribution in [0.15, 0.2) is 24.4 Å². The topological polar surface area (TPSA) is 63.8 Å². The Kier molecular flexibility index (Phi) is 3.92. The molecular weight excluding hydrogens is 316 g/mol. The monoisotopic (exact) mass is 322 g/mol. The van der Waals surface area contributed by atoms with Crippen molar-refractivity contribution >= 4 is 40.7 Å².